The zero-order valence-corrected chi connectivity index (χ0v) is 9.60. The van der Waals surface area contributed by atoms with Gasteiger partial charge in [0.1, 0.15) is 5.82 Å². The van der Waals surface area contributed by atoms with E-state index in [-0.39, 0.29) is 12.5 Å². The first-order valence-electron chi connectivity index (χ1n) is 5.39. The Kier molecular flexibility index (Phi) is 4.69. The minimum Gasteiger partial charge on any atom is -0.481 e. The van der Waals surface area contributed by atoms with Crippen LogP contribution in [-0.4, -0.2) is 27.1 Å². The van der Waals surface area contributed by atoms with Crippen LogP contribution in [0.3, 0.4) is 0 Å². The zero-order chi connectivity index (χ0) is 12.0. The number of aromatic nitrogens is 2. The predicted octanol–water partition coefficient (Wildman–Crippen LogP) is 1.84. The Morgan fingerprint density at radius 2 is 2.19 bits per heavy atom. The Hall–Kier alpha value is -1.65. The van der Waals surface area contributed by atoms with Crippen molar-refractivity contribution in [3.05, 3.63) is 18.1 Å². The molecule has 0 aliphatic heterocycles. The Morgan fingerprint density at radius 3 is 2.75 bits per heavy atom. The van der Waals surface area contributed by atoms with E-state index in [1.165, 1.54) is 0 Å². The van der Waals surface area contributed by atoms with Crippen molar-refractivity contribution in [2.75, 3.05) is 5.32 Å². The fraction of sp³-hybridized carbons (Fsp3) is 0.545. The van der Waals surface area contributed by atoms with E-state index < -0.39 is 5.97 Å². The molecule has 0 aliphatic rings. The Morgan fingerprint density at radius 1 is 1.50 bits per heavy atom. The van der Waals surface area contributed by atoms with Crippen LogP contribution in [0.15, 0.2) is 12.4 Å². The predicted molar refractivity (Wildman–Crippen MR) is 61.3 cm³/mol. The highest BCUT2D eigenvalue weighted by Crippen LogP contribution is 2.12. The van der Waals surface area contributed by atoms with Gasteiger partial charge in [0, 0.05) is 18.4 Å². The topological polar surface area (TPSA) is 75.1 Å². The van der Waals surface area contributed by atoms with Gasteiger partial charge < -0.3 is 10.4 Å². The van der Waals surface area contributed by atoms with Gasteiger partial charge in [0.15, 0.2) is 0 Å². The highest BCUT2D eigenvalue weighted by molar-refractivity contribution is 5.68. The summed E-state index contributed by atoms with van der Waals surface area (Å²) in [5.41, 5.74) is 0.786. The van der Waals surface area contributed by atoms with Gasteiger partial charge in [-0.3, -0.25) is 9.78 Å². The molecule has 0 saturated carbocycles. The summed E-state index contributed by atoms with van der Waals surface area (Å²) < 4.78 is 0. The molecule has 0 saturated heterocycles. The highest BCUT2D eigenvalue weighted by Gasteiger charge is 2.13. The number of carboxylic acids is 1. The lowest BCUT2D eigenvalue weighted by molar-refractivity contribution is -0.137. The van der Waals surface area contributed by atoms with Gasteiger partial charge in [-0.2, -0.15) is 0 Å². The average Bonchev–Trinajstić information content (AvgIpc) is 2.21. The first-order valence-corrected chi connectivity index (χ1v) is 5.39. The second-order valence-corrected chi connectivity index (χ2v) is 3.72. The molecule has 16 heavy (non-hydrogen) atoms. The molecule has 1 unspecified atom stereocenters. The third-order valence-electron chi connectivity index (χ3n) is 2.28. The molecule has 1 rings (SSSR count). The van der Waals surface area contributed by atoms with E-state index >= 15 is 0 Å². The summed E-state index contributed by atoms with van der Waals surface area (Å²) in [5.74, 6) is -0.130. The largest absolute Gasteiger partial charge is 0.481 e. The van der Waals surface area contributed by atoms with E-state index in [4.69, 9.17) is 5.11 Å². The SMILES string of the molecule is CCCC(CC(=O)O)Nc1nccnc1C. The van der Waals surface area contributed by atoms with Crippen molar-refractivity contribution >= 4 is 11.8 Å². The molecule has 0 bridgehead atoms. The fourth-order valence-electron chi connectivity index (χ4n) is 1.53. The van der Waals surface area contributed by atoms with Crippen LogP contribution in [0.1, 0.15) is 31.9 Å². The Balaban J connectivity index is 2.67. The third-order valence-corrected chi connectivity index (χ3v) is 2.28. The second kappa shape index (κ2) is 6.05. The standard InChI is InChI=1S/C11H17N3O2/c1-3-4-9(7-10(15)16)14-11-8(2)12-5-6-13-11/h5-6,9H,3-4,7H2,1-2H3,(H,13,14)(H,15,16). The van der Waals surface area contributed by atoms with Gasteiger partial charge in [-0.15, -0.1) is 0 Å². The molecule has 0 aromatic carbocycles. The van der Waals surface area contributed by atoms with Crippen molar-refractivity contribution in [2.24, 2.45) is 0 Å². The van der Waals surface area contributed by atoms with E-state index in [0.717, 1.165) is 18.5 Å². The van der Waals surface area contributed by atoms with E-state index in [2.05, 4.69) is 15.3 Å². The lowest BCUT2D eigenvalue weighted by Gasteiger charge is -2.17. The molecular formula is C11H17N3O2. The molecule has 5 nitrogen and oxygen atoms in total. The van der Waals surface area contributed by atoms with E-state index in [1.807, 2.05) is 13.8 Å². The van der Waals surface area contributed by atoms with Gasteiger partial charge in [0.2, 0.25) is 0 Å². The molecule has 0 fully saturated rings. The van der Waals surface area contributed by atoms with Crippen molar-refractivity contribution < 1.29 is 9.90 Å². The summed E-state index contributed by atoms with van der Waals surface area (Å²) in [5, 5.41) is 11.9. The van der Waals surface area contributed by atoms with Gasteiger partial charge >= 0.3 is 5.97 Å². The maximum Gasteiger partial charge on any atom is 0.305 e. The van der Waals surface area contributed by atoms with Crippen LogP contribution in [-0.2, 0) is 4.79 Å². The molecule has 1 aromatic heterocycles. The van der Waals surface area contributed by atoms with Crippen LogP contribution in [0, 0.1) is 6.92 Å². The molecule has 0 aliphatic carbocycles. The first kappa shape index (κ1) is 12.4. The molecule has 1 atom stereocenters. The van der Waals surface area contributed by atoms with Gasteiger partial charge in [0.05, 0.1) is 12.1 Å². The second-order valence-electron chi connectivity index (χ2n) is 3.72. The summed E-state index contributed by atoms with van der Waals surface area (Å²) in [6.45, 7) is 3.87. The molecule has 0 spiro atoms. The van der Waals surface area contributed by atoms with Gasteiger partial charge in [-0.1, -0.05) is 13.3 Å². The number of nitrogens with one attached hydrogen (secondary N) is 1. The molecule has 0 amide bonds. The number of aliphatic carboxylic acids is 1. The molecule has 88 valence electrons. The Bertz CT molecular complexity index is 355. The van der Waals surface area contributed by atoms with Crippen LogP contribution in [0.25, 0.3) is 0 Å². The third kappa shape index (κ3) is 3.84. The average molecular weight is 223 g/mol. The zero-order valence-electron chi connectivity index (χ0n) is 9.60. The summed E-state index contributed by atoms with van der Waals surface area (Å²) in [6.07, 6.45) is 5.06. The summed E-state index contributed by atoms with van der Waals surface area (Å²) in [6, 6.07) is -0.0853. The smallest absolute Gasteiger partial charge is 0.305 e. The van der Waals surface area contributed by atoms with Gasteiger partial charge in [-0.25, -0.2) is 4.98 Å². The molecule has 2 N–H and O–H groups in total. The van der Waals surface area contributed by atoms with Crippen molar-refractivity contribution in [1.29, 1.82) is 0 Å². The van der Waals surface area contributed by atoms with Crippen LogP contribution < -0.4 is 5.32 Å². The van der Waals surface area contributed by atoms with Gasteiger partial charge in [-0.05, 0) is 13.3 Å². The summed E-state index contributed by atoms with van der Waals surface area (Å²) >= 11 is 0. The number of carboxylic acid groups (broad SMARTS) is 1. The van der Waals surface area contributed by atoms with Crippen molar-refractivity contribution in [1.82, 2.24) is 9.97 Å². The fourth-order valence-corrected chi connectivity index (χ4v) is 1.53. The minimum atomic E-state index is -0.799. The Labute approximate surface area is 94.9 Å². The number of anilines is 1. The van der Waals surface area contributed by atoms with Crippen molar-refractivity contribution in [3.63, 3.8) is 0 Å². The molecular weight excluding hydrogens is 206 g/mol. The highest BCUT2D eigenvalue weighted by atomic mass is 16.4. The first-order chi connectivity index (χ1) is 7.63. The number of aryl methyl sites for hydroxylation is 1. The number of carbonyl (C=O) groups is 1. The number of hydrogen-bond donors (Lipinski definition) is 2. The molecule has 0 radical (unpaired) electrons. The minimum absolute atomic E-state index is 0.0853. The van der Waals surface area contributed by atoms with Crippen LogP contribution >= 0.6 is 0 Å². The van der Waals surface area contributed by atoms with E-state index in [1.54, 1.807) is 12.4 Å². The maximum absolute atomic E-state index is 10.7. The van der Waals surface area contributed by atoms with Gasteiger partial charge in [0.25, 0.3) is 0 Å². The number of hydrogen-bond acceptors (Lipinski definition) is 4. The van der Waals surface area contributed by atoms with Crippen molar-refractivity contribution in [2.45, 2.75) is 39.2 Å². The molecule has 1 heterocycles. The quantitative estimate of drug-likeness (QED) is 0.769. The van der Waals surface area contributed by atoms with Crippen molar-refractivity contribution in [3.8, 4) is 0 Å². The molecule has 1 aromatic rings. The van der Waals surface area contributed by atoms with Crippen LogP contribution in [0.2, 0.25) is 0 Å². The summed E-state index contributed by atoms with van der Waals surface area (Å²) in [7, 11) is 0. The number of nitrogens with zero attached hydrogens (tertiary/aromatic N) is 2. The van der Waals surface area contributed by atoms with E-state index in [0.29, 0.717) is 5.82 Å². The lowest BCUT2D eigenvalue weighted by Crippen LogP contribution is -2.24. The summed E-state index contributed by atoms with van der Waals surface area (Å²) in [4.78, 5) is 18.9. The monoisotopic (exact) mass is 223 g/mol. The van der Waals surface area contributed by atoms with Crippen LogP contribution in [0.4, 0.5) is 5.82 Å². The maximum atomic E-state index is 10.7. The lowest BCUT2D eigenvalue weighted by atomic mass is 10.1. The van der Waals surface area contributed by atoms with Crippen LogP contribution in [0.5, 0.6) is 0 Å². The normalized spacial score (nSPS) is 12.1. The van der Waals surface area contributed by atoms with E-state index in [9.17, 15) is 4.79 Å². The number of rotatable bonds is 6. The molecule has 5 heteroatoms.